The third-order valence-corrected chi connectivity index (χ3v) is 8.95. The number of alkyl carbamates (subject to hydrolysis) is 1. The third-order valence-electron chi connectivity index (χ3n) is 8.95. The van der Waals surface area contributed by atoms with Crippen LogP contribution in [0.15, 0.2) is 98.1 Å². The van der Waals surface area contributed by atoms with Crippen LogP contribution in [0.2, 0.25) is 0 Å². The highest BCUT2D eigenvalue weighted by Crippen LogP contribution is 2.42. The second-order valence-electron chi connectivity index (χ2n) is 12.1. The van der Waals surface area contributed by atoms with Gasteiger partial charge in [-0.2, -0.15) is 0 Å². The molecule has 0 bridgehead atoms. The lowest BCUT2D eigenvalue weighted by Gasteiger charge is -2.43. The Morgan fingerprint density at radius 1 is 0.956 bits per heavy atom. The number of hydrogen-bond acceptors (Lipinski definition) is 6. The van der Waals surface area contributed by atoms with Crippen LogP contribution in [-0.4, -0.2) is 47.9 Å². The minimum absolute atomic E-state index is 0.0155. The minimum Gasteiger partial charge on any atom is -0.445 e. The molecule has 1 saturated carbocycles. The first-order chi connectivity index (χ1) is 22.0. The van der Waals surface area contributed by atoms with Crippen LogP contribution in [0, 0.1) is 5.92 Å². The Bertz CT molecular complexity index is 1400. The van der Waals surface area contributed by atoms with Crippen LogP contribution < -0.4 is 5.32 Å². The molecule has 3 aromatic rings. The predicted octanol–water partition coefficient (Wildman–Crippen LogP) is 7.48. The number of rotatable bonds is 13. The molecule has 0 unspecified atom stereocenters. The first kappa shape index (κ1) is 32.6. The average Bonchev–Trinajstić information content (AvgIpc) is 3.62. The number of hydrogen-bond donors (Lipinski definition) is 2. The Balaban J connectivity index is 1.34. The molecule has 2 N–H and O–H groups in total. The zero-order valence-corrected chi connectivity index (χ0v) is 26.3. The SMILES string of the molecule is C=CCOC(=O)NCc1cccc(-c2ccc([C@@H]3O[C@H](CN(CC=C)C4CCCC4)[C@H](C)[C@H](c4ccc(CO)cc4)O3)cc2)c1. The molecule has 1 aliphatic carbocycles. The molecule has 5 rings (SSSR count). The van der Waals surface area contributed by atoms with Gasteiger partial charge < -0.3 is 24.6 Å². The van der Waals surface area contributed by atoms with Crippen molar-refractivity contribution in [2.75, 3.05) is 19.7 Å². The summed E-state index contributed by atoms with van der Waals surface area (Å²) in [4.78, 5) is 14.4. The Hall–Kier alpha value is -3.75. The van der Waals surface area contributed by atoms with Gasteiger partial charge in [0.25, 0.3) is 0 Å². The molecule has 238 valence electrons. The Kier molecular flexibility index (Phi) is 11.6. The number of carbonyl (C=O) groups excluding carboxylic acids is 1. The topological polar surface area (TPSA) is 80.3 Å². The van der Waals surface area contributed by atoms with Crippen LogP contribution >= 0.6 is 0 Å². The molecule has 2 aliphatic rings. The number of aliphatic hydroxyl groups excluding tert-OH is 1. The van der Waals surface area contributed by atoms with E-state index in [1.54, 1.807) is 0 Å². The van der Waals surface area contributed by atoms with E-state index >= 15 is 0 Å². The van der Waals surface area contributed by atoms with E-state index in [0.29, 0.717) is 12.6 Å². The number of aliphatic hydroxyl groups is 1. The number of nitrogens with one attached hydrogen (secondary N) is 1. The van der Waals surface area contributed by atoms with Gasteiger partial charge in [0.15, 0.2) is 6.29 Å². The van der Waals surface area contributed by atoms with Crippen LogP contribution in [-0.2, 0) is 27.4 Å². The molecule has 4 atom stereocenters. The number of benzene rings is 3. The largest absolute Gasteiger partial charge is 0.445 e. The maximum Gasteiger partial charge on any atom is 0.407 e. The van der Waals surface area contributed by atoms with Gasteiger partial charge in [-0.3, -0.25) is 4.90 Å². The Morgan fingerprint density at radius 3 is 2.38 bits per heavy atom. The fourth-order valence-electron chi connectivity index (χ4n) is 6.42. The summed E-state index contributed by atoms with van der Waals surface area (Å²) in [7, 11) is 0. The van der Waals surface area contributed by atoms with Gasteiger partial charge in [-0.05, 0) is 46.7 Å². The standard InChI is InChI=1S/C38H46N2O5/c1-4-21-40(34-11-6-7-12-34)25-35-27(3)36(31-15-13-28(26-41)14-16-31)45-37(44-35)32-19-17-30(18-20-32)33-10-8-9-29(23-33)24-39-38(42)43-22-5-2/h4-5,8-10,13-20,23,27,34-37,41H,1-2,6-7,11-12,21-22,24-26H2,3H3,(H,39,42)/t27-,35+,36+,37+/m0/s1. The molecule has 0 aromatic heterocycles. The number of carbonyl (C=O) groups is 1. The van der Waals surface area contributed by atoms with Crippen molar-refractivity contribution in [1.82, 2.24) is 10.2 Å². The number of amides is 1. The molecule has 1 heterocycles. The molecule has 1 aliphatic heterocycles. The lowest BCUT2D eigenvalue weighted by molar-refractivity contribution is -0.276. The average molecular weight is 611 g/mol. The lowest BCUT2D eigenvalue weighted by Crippen LogP contribution is -2.47. The van der Waals surface area contributed by atoms with Gasteiger partial charge in [0.1, 0.15) is 6.61 Å². The highest BCUT2D eigenvalue weighted by molar-refractivity contribution is 5.68. The van der Waals surface area contributed by atoms with E-state index in [0.717, 1.165) is 46.5 Å². The van der Waals surface area contributed by atoms with Gasteiger partial charge in [-0.25, -0.2) is 4.79 Å². The van der Waals surface area contributed by atoms with E-state index in [-0.39, 0.29) is 31.3 Å². The van der Waals surface area contributed by atoms with Crippen LogP contribution in [0.4, 0.5) is 4.79 Å². The Labute approximate surface area is 267 Å². The van der Waals surface area contributed by atoms with Gasteiger partial charge >= 0.3 is 6.09 Å². The van der Waals surface area contributed by atoms with Crippen molar-refractivity contribution in [3.8, 4) is 11.1 Å². The lowest BCUT2D eigenvalue weighted by atomic mass is 9.89. The first-order valence-corrected chi connectivity index (χ1v) is 16.1. The molecule has 7 heteroatoms. The Morgan fingerprint density at radius 2 is 1.69 bits per heavy atom. The van der Waals surface area contributed by atoms with Crippen molar-refractivity contribution in [3.63, 3.8) is 0 Å². The molecule has 45 heavy (non-hydrogen) atoms. The predicted molar refractivity (Wildman–Crippen MR) is 177 cm³/mol. The van der Waals surface area contributed by atoms with E-state index in [1.807, 2.05) is 30.3 Å². The molecular weight excluding hydrogens is 564 g/mol. The molecule has 0 spiro atoms. The number of ether oxygens (including phenoxy) is 3. The van der Waals surface area contributed by atoms with E-state index in [1.165, 1.54) is 31.8 Å². The van der Waals surface area contributed by atoms with Gasteiger partial charge in [0.2, 0.25) is 0 Å². The van der Waals surface area contributed by atoms with E-state index < -0.39 is 12.4 Å². The van der Waals surface area contributed by atoms with Crippen molar-refractivity contribution in [1.29, 1.82) is 0 Å². The summed E-state index contributed by atoms with van der Waals surface area (Å²) in [5.41, 5.74) is 6.02. The first-order valence-electron chi connectivity index (χ1n) is 16.1. The van der Waals surface area contributed by atoms with Gasteiger partial charge in [-0.1, -0.05) is 105 Å². The van der Waals surface area contributed by atoms with Crippen molar-refractivity contribution >= 4 is 6.09 Å². The smallest absolute Gasteiger partial charge is 0.407 e. The molecule has 2 fully saturated rings. The zero-order valence-electron chi connectivity index (χ0n) is 26.3. The summed E-state index contributed by atoms with van der Waals surface area (Å²) in [6.07, 6.45) is 7.36. The zero-order chi connectivity index (χ0) is 31.6. The van der Waals surface area contributed by atoms with Crippen LogP contribution in [0.5, 0.6) is 0 Å². The molecule has 7 nitrogen and oxygen atoms in total. The van der Waals surface area contributed by atoms with Crippen LogP contribution in [0.1, 0.15) is 67.3 Å². The van der Waals surface area contributed by atoms with Crippen molar-refractivity contribution < 1.29 is 24.1 Å². The van der Waals surface area contributed by atoms with Gasteiger partial charge in [0, 0.05) is 37.2 Å². The van der Waals surface area contributed by atoms with E-state index in [9.17, 15) is 9.90 Å². The molecule has 1 saturated heterocycles. The van der Waals surface area contributed by atoms with Gasteiger partial charge in [-0.15, -0.1) is 6.58 Å². The fourth-order valence-corrected chi connectivity index (χ4v) is 6.42. The summed E-state index contributed by atoms with van der Waals surface area (Å²) >= 11 is 0. The number of nitrogens with zero attached hydrogens (tertiary/aromatic N) is 1. The summed E-state index contributed by atoms with van der Waals surface area (Å²) < 4.78 is 18.5. The normalized spacial score (nSPS) is 21.8. The summed E-state index contributed by atoms with van der Waals surface area (Å²) in [5, 5.41) is 12.4. The van der Waals surface area contributed by atoms with Crippen LogP contribution in [0.3, 0.4) is 0 Å². The highest BCUT2D eigenvalue weighted by Gasteiger charge is 2.40. The third kappa shape index (κ3) is 8.50. The fraction of sp³-hybridized carbons (Fsp3) is 0.395. The second-order valence-corrected chi connectivity index (χ2v) is 12.1. The highest BCUT2D eigenvalue weighted by atomic mass is 16.7. The summed E-state index contributed by atoms with van der Waals surface area (Å²) in [6.45, 7) is 12.0. The quantitative estimate of drug-likeness (QED) is 0.195. The molecular formula is C38H46N2O5. The van der Waals surface area contributed by atoms with Crippen molar-refractivity contribution in [3.05, 3.63) is 120 Å². The van der Waals surface area contributed by atoms with Crippen molar-refractivity contribution in [2.45, 2.75) is 70.3 Å². The van der Waals surface area contributed by atoms with Gasteiger partial charge in [0.05, 0.1) is 18.8 Å². The van der Waals surface area contributed by atoms with Crippen molar-refractivity contribution in [2.24, 2.45) is 5.92 Å². The maximum absolute atomic E-state index is 11.8. The monoisotopic (exact) mass is 610 g/mol. The molecule has 0 radical (unpaired) electrons. The molecule has 3 aromatic carbocycles. The summed E-state index contributed by atoms with van der Waals surface area (Å²) in [6, 6.07) is 25.1. The van der Waals surface area contributed by atoms with E-state index in [4.69, 9.17) is 14.2 Å². The second kappa shape index (κ2) is 16.0. The minimum atomic E-state index is -0.519. The molecule has 1 amide bonds. The summed E-state index contributed by atoms with van der Waals surface area (Å²) in [5.74, 6) is 0.125. The maximum atomic E-state index is 11.8. The van der Waals surface area contributed by atoms with E-state index in [2.05, 4.69) is 78.8 Å². The van der Waals surface area contributed by atoms with Crippen LogP contribution in [0.25, 0.3) is 11.1 Å².